The highest BCUT2D eigenvalue weighted by molar-refractivity contribution is 7.91. The van der Waals surface area contributed by atoms with Crippen LogP contribution in [0.1, 0.15) is 0 Å². The van der Waals surface area contributed by atoms with Crippen molar-refractivity contribution in [2.45, 2.75) is 0 Å². The maximum atomic E-state index is 13.4. The first-order chi connectivity index (χ1) is 10.9. The number of alkyl halides is 1. The molecule has 0 amide bonds. The highest BCUT2D eigenvalue weighted by Gasteiger charge is 2.48. The van der Waals surface area contributed by atoms with E-state index in [0.717, 1.165) is 15.9 Å². The van der Waals surface area contributed by atoms with E-state index in [-0.39, 0.29) is 0 Å². The van der Waals surface area contributed by atoms with Crippen LogP contribution in [0.25, 0.3) is 0 Å². The summed E-state index contributed by atoms with van der Waals surface area (Å²) in [6.07, 6.45) is 0. The Labute approximate surface area is 130 Å². The molecular weight excluding hydrogens is 294 g/mol. The van der Waals surface area contributed by atoms with Crippen molar-refractivity contribution in [2.75, 3.05) is 6.86 Å². The summed E-state index contributed by atoms with van der Waals surface area (Å²) in [4.78, 5) is 0. The Morgan fingerprint density at radius 1 is 0.591 bits per heavy atom. The van der Waals surface area contributed by atoms with Gasteiger partial charge in [0.1, 0.15) is 15.9 Å². The Kier molecular flexibility index (Phi) is 4.62. The van der Waals surface area contributed by atoms with Crippen LogP contribution in [0.15, 0.2) is 91.0 Å². The van der Waals surface area contributed by atoms with Crippen molar-refractivity contribution in [1.82, 2.24) is 0 Å². The number of rotatable bonds is 5. The SMILES string of the molecule is FCO[P+](c1ccccc1)(c1ccccc1)c1ccccc1. The first kappa shape index (κ1) is 14.9. The van der Waals surface area contributed by atoms with Crippen molar-refractivity contribution in [3.05, 3.63) is 91.0 Å². The van der Waals surface area contributed by atoms with Gasteiger partial charge in [0.2, 0.25) is 14.4 Å². The van der Waals surface area contributed by atoms with Crippen LogP contribution in [-0.4, -0.2) is 6.86 Å². The molecule has 3 rings (SSSR count). The molecule has 0 unspecified atom stereocenters. The lowest BCUT2D eigenvalue weighted by molar-refractivity contribution is 0.212. The number of hydrogen-bond donors (Lipinski definition) is 0. The lowest BCUT2D eigenvalue weighted by Gasteiger charge is -2.24. The normalized spacial score (nSPS) is 11.3. The van der Waals surface area contributed by atoms with Crippen molar-refractivity contribution < 1.29 is 8.91 Å². The van der Waals surface area contributed by atoms with Crippen molar-refractivity contribution >= 4 is 23.4 Å². The molecule has 0 atom stereocenters. The molecule has 0 heterocycles. The average molecular weight is 311 g/mol. The summed E-state index contributed by atoms with van der Waals surface area (Å²) in [7, 11) is -2.43. The molecule has 1 nitrogen and oxygen atoms in total. The second kappa shape index (κ2) is 6.83. The minimum Gasteiger partial charge on any atom is -0.215 e. The molecule has 3 heteroatoms. The second-order valence-corrected chi connectivity index (χ2v) is 7.88. The lowest BCUT2D eigenvalue weighted by Crippen LogP contribution is -2.32. The molecule has 0 saturated carbocycles. The highest BCUT2D eigenvalue weighted by Crippen LogP contribution is 2.56. The van der Waals surface area contributed by atoms with Gasteiger partial charge in [-0.3, -0.25) is 0 Å². The van der Waals surface area contributed by atoms with E-state index < -0.39 is 14.4 Å². The molecule has 0 aliphatic rings. The van der Waals surface area contributed by atoms with Gasteiger partial charge in [-0.2, -0.15) is 4.52 Å². The zero-order valence-electron chi connectivity index (χ0n) is 12.1. The molecule has 110 valence electrons. The minimum atomic E-state index is -2.43. The molecular formula is C19H17FOP+. The van der Waals surface area contributed by atoms with E-state index in [1.54, 1.807) is 0 Å². The molecule has 0 saturated heterocycles. The fourth-order valence-corrected chi connectivity index (χ4v) is 5.92. The Bertz CT molecular complexity index is 605. The van der Waals surface area contributed by atoms with Gasteiger partial charge in [0.25, 0.3) is 0 Å². The molecule has 0 N–H and O–H groups in total. The van der Waals surface area contributed by atoms with E-state index in [0.29, 0.717) is 0 Å². The van der Waals surface area contributed by atoms with Crippen molar-refractivity contribution in [3.8, 4) is 0 Å². The fraction of sp³-hybridized carbons (Fsp3) is 0.0526. The van der Waals surface area contributed by atoms with Crippen LogP contribution in [0, 0.1) is 0 Å². The zero-order valence-corrected chi connectivity index (χ0v) is 13.0. The molecule has 0 aliphatic heterocycles. The van der Waals surface area contributed by atoms with Gasteiger partial charge in [0.15, 0.2) is 0 Å². The van der Waals surface area contributed by atoms with E-state index >= 15 is 0 Å². The van der Waals surface area contributed by atoms with E-state index in [4.69, 9.17) is 4.52 Å². The smallest absolute Gasteiger partial charge is 0.215 e. The topological polar surface area (TPSA) is 9.23 Å². The van der Waals surface area contributed by atoms with E-state index in [2.05, 4.69) is 0 Å². The maximum Gasteiger partial charge on any atom is 0.246 e. The van der Waals surface area contributed by atoms with Gasteiger partial charge < -0.3 is 0 Å². The largest absolute Gasteiger partial charge is 0.246 e. The molecule has 0 aliphatic carbocycles. The van der Waals surface area contributed by atoms with E-state index in [9.17, 15) is 4.39 Å². The monoisotopic (exact) mass is 311 g/mol. The van der Waals surface area contributed by atoms with Gasteiger partial charge in [-0.1, -0.05) is 54.6 Å². The van der Waals surface area contributed by atoms with Crippen LogP contribution in [0.2, 0.25) is 0 Å². The summed E-state index contributed by atoms with van der Waals surface area (Å²) in [5, 5.41) is 3.06. The molecule has 22 heavy (non-hydrogen) atoms. The quantitative estimate of drug-likeness (QED) is 0.651. The first-order valence-corrected chi connectivity index (χ1v) is 8.85. The maximum absolute atomic E-state index is 13.4. The predicted molar refractivity (Wildman–Crippen MR) is 92.2 cm³/mol. The Balaban J connectivity index is 2.29. The third-order valence-corrected chi connectivity index (χ3v) is 7.16. The number of halogens is 1. The van der Waals surface area contributed by atoms with Crippen molar-refractivity contribution in [3.63, 3.8) is 0 Å². The van der Waals surface area contributed by atoms with Crippen LogP contribution < -0.4 is 15.9 Å². The third-order valence-electron chi connectivity index (χ3n) is 3.60. The van der Waals surface area contributed by atoms with Gasteiger partial charge in [-0.15, -0.1) is 0 Å². The molecule has 0 spiro atoms. The Morgan fingerprint density at radius 2 is 0.909 bits per heavy atom. The van der Waals surface area contributed by atoms with Gasteiger partial charge >= 0.3 is 0 Å². The Morgan fingerprint density at radius 3 is 1.18 bits per heavy atom. The average Bonchev–Trinajstić information content (AvgIpc) is 2.62. The summed E-state index contributed by atoms with van der Waals surface area (Å²) in [6, 6.07) is 29.8. The summed E-state index contributed by atoms with van der Waals surface area (Å²) >= 11 is 0. The molecule has 3 aromatic carbocycles. The summed E-state index contributed by atoms with van der Waals surface area (Å²) in [6.45, 7) is -0.813. The fourth-order valence-electron chi connectivity index (χ4n) is 2.66. The molecule has 3 aromatic rings. The predicted octanol–water partition coefficient (Wildman–Crippen LogP) is 3.84. The standard InChI is InChI=1S/C19H17FOP/c20-16-21-22(17-10-4-1-5-11-17,18-12-6-2-7-13-18)19-14-8-3-9-15-19/h1-15H,16H2/q+1. The number of hydrogen-bond acceptors (Lipinski definition) is 1. The first-order valence-electron chi connectivity index (χ1n) is 7.14. The molecule has 0 radical (unpaired) electrons. The summed E-state index contributed by atoms with van der Waals surface area (Å²) in [5.41, 5.74) is 0. The summed E-state index contributed by atoms with van der Waals surface area (Å²) in [5.74, 6) is 0. The van der Waals surface area contributed by atoms with Crippen LogP contribution in [0.4, 0.5) is 4.39 Å². The van der Waals surface area contributed by atoms with Gasteiger partial charge in [-0.25, -0.2) is 4.39 Å². The van der Waals surface area contributed by atoms with Gasteiger partial charge in [0, 0.05) is 0 Å². The van der Waals surface area contributed by atoms with Gasteiger partial charge in [0.05, 0.1) is 0 Å². The van der Waals surface area contributed by atoms with Crippen LogP contribution in [0.5, 0.6) is 0 Å². The molecule has 0 fully saturated rings. The number of benzene rings is 3. The van der Waals surface area contributed by atoms with Gasteiger partial charge in [-0.05, 0) is 36.4 Å². The lowest BCUT2D eigenvalue weighted by atomic mass is 10.4. The van der Waals surface area contributed by atoms with Crippen LogP contribution in [0.3, 0.4) is 0 Å². The van der Waals surface area contributed by atoms with E-state index in [1.807, 2.05) is 91.0 Å². The third kappa shape index (κ3) is 2.68. The zero-order chi connectivity index (χ0) is 15.3. The summed E-state index contributed by atoms with van der Waals surface area (Å²) < 4.78 is 19.2. The molecule has 0 aromatic heterocycles. The van der Waals surface area contributed by atoms with E-state index in [1.165, 1.54) is 0 Å². The highest BCUT2D eigenvalue weighted by atomic mass is 31.2. The van der Waals surface area contributed by atoms with Crippen molar-refractivity contribution in [2.24, 2.45) is 0 Å². The van der Waals surface area contributed by atoms with Crippen LogP contribution in [-0.2, 0) is 4.52 Å². The second-order valence-electron chi connectivity index (χ2n) is 4.85. The van der Waals surface area contributed by atoms with Crippen LogP contribution >= 0.6 is 7.49 Å². The Hall–Kier alpha value is -2.02. The van der Waals surface area contributed by atoms with Crippen molar-refractivity contribution in [1.29, 1.82) is 0 Å². The molecule has 0 bridgehead atoms. The minimum absolute atomic E-state index is 0.813.